The van der Waals surface area contributed by atoms with E-state index in [0.29, 0.717) is 11.1 Å². The Morgan fingerprint density at radius 3 is 1.03 bits per heavy atom. The minimum atomic E-state index is -4.42. The fourth-order valence-electron chi connectivity index (χ4n) is 18.1. The molecule has 2 nitrogen and oxygen atoms in total. The Bertz CT molecular complexity index is 4650. The molecule has 0 N–H and O–H groups in total. The highest BCUT2D eigenvalue weighted by molar-refractivity contribution is 5.93. The van der Waals surface area contributed by atoms with Crippen molar-refractivity contribution in [2.24, 2.45) is 0 Å². The Kier molecular flexibility index (Phi) is 25.9. The maximum absolute atomic E-state index is 13.8. The molecule has 0 radical (unpaired) electrons. The molecule has 558 valence electrons. The largest absolute Gasteiger partial charge is 0.416 e. The van der Waals surface area contributed by atoms with Crippen LogP contribution in [0.15, 0.2) is 249 Å². The monoisotopic (exact) mass is 1440 g/mol. The Labute approximate surface area is 646 Å². The molecular formula is C103H115F3N2. The maximum Gasteiger partial charge on any atom is 0.416 e. The van der Waals surface area contributed by atoms with Crippen LogP contribution in [0.3, 0.4) is 0 Å². The quantitative estimate of drug-likeness (QED) is 0.0356. The Hall–Kier alpha value is -9.19. The topological polar surface area (TPSA) is 6.48 Å². The van der Waals surface area contributed by atoms with Gasteiger partial charge in [-0.25, -0.2) is 0 Å². The van der Waals surface area contributed by atoms with Crippen LogP contribution >= 0.6 is 0 Å². The van der Waals surface area contributed by atoms with Crippen LogP contribution in [0.1, 0.15) is 246 Å². The standard InChI is InChI=1S/C103H115F3N2/c1-7-11-15-19-23-32-67-101(68-33-24-20-16-12-8-2)96-71-77(6)45-65-92(96)94-74-99-95(75-98(94)101)93-66-54-84(73-97(93)102(99,69-34-25-21-17-13-9-3)70-35-26-22-18-14-10-4)81-52-63-90(64-53-81)108(100-42-31-30-41-91(100)82-37-28-27-29-38-82)89-61-48-79(49-62-89)78-46-57-87(58-47-78)107(86-55-43-76(5)44-56-86)88-59-50-80(51-60-88)83-39-36-40-85(72-83)103(104,105)106/h27-31,36-66,71-75H,7-26,32-35,67-70H2,1-6H3. The van der Waals surface area contributed by atoms with E-state index in [0.717, 1.165) is 68.0 Å². The van der Waals surface area contributed by atoms with Gasteiger partial charge in [0.25, 0.3) is 0 Å². The van der Waals surface area contributed by atoms with Crippen molar-refractivity contribution in [3.05, 3.63) is 288 Å². The Morgan fingerprint density at radius 1 is 0.250 bits per heavy atom. The summed E-state index contributed by atoms with van der Waals surface area (Å²) in [5, 5.41) is 0. The summed E-state index contributed by atoms with van der Waals surface area (Å²) in [7, 11) is 0. The van der Waals surface area contributed by atoms with E-state index in [4.69, 9.17) is 0 Å². The molecule has 13 rings (SSSR count). The van der Waals surface area contributed by atoms with Crippen molar-refractivity contribution in [2.75, 3.05) is 9.80 Å². The van der Waals surface area contributed by atoms with Crippen LogP contribution in [-0.2, 0) is 17.0 Å². The second-order valence-corrected chi connectivity index (χ2v) is 31.6. The molecule has 0 aromatic heterocycles. The van der Waals surface area contributed by atoms with Gasteiger partial charge in [-0.05, 0) is 220 Å². The van der Waals surface area contributed by atoms with Crippen molar-refractivity contribution in [3.8, 4) is 66.8 Å². The number of nitrogens with zero attached hydrogens (tertiary/aromatic N) is 2. The van der Waals surface area contributed by atoms with E-state index < -0.39 is 11.7 Å². The van der Waals surface area contributed by atoms with Crippen molar-refractivity contribution < 1.29 is 13.2 Å². The van der Waals surface area contributed by atoms with Gasteiger partial charge in [0.2, 0.25) is 0 Å². The van der Waals surface area contributed by atoms with Crippen molar-refractivity contribution in [1.29, 1.82) is 0 Å². The van der Waals surface area contributed by atoms with Gasteiger partial charge in [-0.1, -0.05) is 345 Å². The molecule has 0 spiro atoms. The fraction of sp³-hybridized carbons (Fsp3) is 0.359. The molecule has 2 aliphatic rings. The van der Waals surface area contributed by atoms with Gasteiger partial charge in [-0.3, -0.25) is 0 Å². The van der Waals surface area contributed by atoms with E-state index in [1.54, 1.807) is 28.3 Å². The number of aryl methyl sites for hydroxylation is 2. The van der Waals surface area contributed by atoms with Gasteiger partial charge in [-0.15, -0.1) is 0 Å². The SMILES string of the molecule is CCCCCCCCC1(CCCCCCCC)c2cc(C)ccc2-c2cc3c(cc21)-c1ccc(-c2ccc(N(c4ccc(-c5ccc(N(c6ccc(C)cc6)c6ccc(-c7cccc(C(F)(F)F)c7)cc6)cc5)cc4)c4ccccc4-c4ccccc4)cc2)cc1C3(CCCCCCCC)CCCCCCCC. The molecular weight excluding hydrogens is 1320 g/mol. The lowest BCUT2D eigenvalue weighted by molar-refractivity contribution is -0.137. The molecule has 108 heavy (non-hydrogen) atoms. The average molecular weight is 1440 g/mol. The number of unbranched alkanes of at least 4 members (excludes halogenated alkanes) is 20. The number of benzene rings is 11. The number of rotatable bonds is 38. The summed E-state index contributed by atoms with van der Waals surface area (Å²) >= 11 is 0. The summed E-state index contributed by atoms with van der Waals surface area (Å²) in [6.07, 6.45) is 31.7. The van der Waals surface area contributed by atoms with Crippen LogP contribution in [0.5, 0.6) is 0 Å². The summed E-state index contributed by atoms with van der Waals surface area (Å²) in [6, 6.07) is 89.4. The van der Waals surface area contributed by atoms with Gasteiger partial charge in [0.15, 0.2) is 0 Å². The first-order valence-corrected chi connectivity index (χ1v) is 41.7. The van der Waals surface area contributed by atoms with E-state index >= 15 is 0 Å². The van der Waals surface area contributed by atoms with Gasteiger partial charge in [0.05, 0.1) is 11.3 Å². The third kappa shape index (κ3) is 17.4. The van der Waals surface area contributed by atoms with Crippen molar-refractivity contribution in [2.45, 2.75) is 238 Å². The molecule has 0 bridgehead atoms. The Balaban J connectivity index is 0.861. The van der Waals surface area contributed by atoms with Gasteiger partial charge in [0.1, 0.15) is 0 Å². The lowest BCUT2D eigenvalue weighted by Gasteiger charge is -2.35. The molecule has 0 aliphatic heterocycles. The Morgan fingerprint density at radius 2 is 0.583 bits per heavy atom. The average Bonchev–Trinajstić information content (AvgIpc) is 1.53. The zero-order chi connectivity index (χ0) is 74.9. The van der Waals surface area contributed by atoms with Crippen molar-refractivity contribution in [3.63, 3.8) is 0 Å². The first kappa shape index (κ1) is 77.0. The zero-order valence-electron chi connectivity index (χ0n) is 65.5. The number of anilines is 6. The second kappa shape index (κ2) is 36.3. The number of hydrogen-bond acceptors (Lipinski definition) is 2. The molecule has 0 unspecified atom stereocenters. The summed E-state index contributed by atoms with van der Waals surface area (Å²) in [5.41, 5.74) is 28.6. The van der Waals surface area contributed by atoms with Gasteiger partial charge < -0.3 is 9.80 Å². The maximum atomic E-state index is 13.8. The summed E-state index contributed by atoms with van der Waals surface area (Å²) < 4.78 is 41.3. The lowest BCUT2D eigenvalue weighted by Crippen LogP contribution is -2.27. The van der Waals surface area contributed by atoms with Crippen molar-refractivity contribution >= 4 is 34.1 Å². The number of halogens is 3. The highest BCUT2D eigenvalue weighted by Crippen LogP contribution is 2.62. The normalized spacial score (nSPS) is 13.1. The van der Waals surface area contributed by atoms with Crippen LogP contribution in [-0.4, -0.2) is 0 Å². The molecule has 0 amide bonds. The predicted octanol–water partition coefficient (Wildman–Crippen LogP) is 32.5. The summed E-state index contributed by atoms with van der Waals surface area (Å²) in [5.74, 6) is 0. The molecule has 11 aromatic rings. The molecule has 11 aromatic carbocycles. The molecule has 0 fully saturated rings. The predicted molar refractivity (Wildman–Crippen MR) is 456 cm³/mol. The molecule has 2 aliphatic carbocycles. The minimum Gasteiger partial charge on any atom is -0.311 e. The number of para-hydroxylation sites is 1. The van der Waals surface area contributed by atoms with E-state index in [1.165, 1.54) is 231 Å². The molecule has 5 heteroatoms. The smallest absolute Gasteiger partial charge is 0.311 e. The molecule has 0 saturated carbocycles. The number of fused-ring (bicyclic) bond motifs is 6. The minimum absolute atomic E-state index is 0.00751. The molecule has 0 atom stereocenters. The third-order valence-corrected chi connectivity index (χ3v) is 24.0. The number of alkyl halides is 3. The third-order valence-electron chi connectivity index (χ3n) is 24.0. The highest BCUT2D eigenvalue weighted by atomic mass is 19.4. The molecule has 0 heterocycles. The molecule has 0 saturated heterocycles. The first-order valence-electron chi connectivity index (χ1n) is 41.7. The van der Waals surface area contributed by atoms with Crippen LogP contribution in [0, 0.1) is 13.8 Å². The summed E-state index contributed by atoms with van der Waals surface area (Å²) in [6.45, 7) is 13.8. The van der Waals surface area contributed by atoms with Crippen LogP contribution < -0.4 is 9.80 Å². The van der Waals surface area contributed by atoms with Crippen molar-refractivity contribution in [1.82, 2.24) is 0 Å². The first-order chi connectivity index (χ1) is 52.8. The van der Waals surface area contributed by atoms with Gasteiger partial charge in [-0.2, -0.15) is 13.2 Å². The lowest BCUT2D eigenvalue weighted by atomic mass is 9.68. The second-order valence-electron chi connectivity index (χ2n) is 31.6. The van der Waals surface area contributed by atoms with E-state index in [1.807, 2.05) is 24.3 Å². The zero-order valence-corrected chi connectivity index (χ0v) is 65.5. The van der Waals surface area contributed by atoms with Crippen LogP contribution in [0.2, 0.25) is 0 Å². The van der Waals surface area contributed by atoms with E-state index in [-0.39, 0.29) is 10.8 Å². The van der Waals surface area contributed by atoms with Gasteiger partial charge >= 0.3 is 6.18 Å². The van der Waals surface area contributed by atoms with Gasteiger partial charge in [0, 0.05) is 44.8 Å². The van der Waals surface area contributed by atoms with E-state index in [2.05, 4.69) is 252 Å². The van der Waals surface area contributed by atoms with Crippen LogP contribution in [0.25, 0.3) is 66.8 Å². The summed E-state index contributed by atoms with van der Waals surface area (Å²) in [4.78, 5) is 4.63. The van der Waals surface area contributed by atoms with E-state index in [9.17, 15) is 13.2 Å². The van der Waals surface area contributed by atoms with Crippen LogP contribution in [0.4, 0.5) is 47.3 Å². The highest BCUT2D eigenvalue weighted by Gasteiger charge is 2.48. The fourth-order valence-corrected chi connectivity index (χ4v) is 18.1. The number of hydrogen-bond donors (Lipinski definition) is 0.